The molecule has 1 aliphatic heterocycles. The van der Waals surface area contributed by atoms with Crippen LogP contribution in [0.4, 0.5) is 0 Å². The van der Waals surface area contributed by atoms with Gasteiger partial charge in [0.15, 0.2) is 0 Å². The van der Waals surface area contributed by atoms with Crippen LogP contribution in [-0.4, -0.2) is 59.1 Å². The van der Waals surface area contributed by atoms with Crippen LogP contribution in [0.3, 0.4) is 0 Å². The molecule has 0 aromatic rings. The lowest BCUT2D eigenvalue weighted by Crippen LogP contribution is -2.54. The molecular formula is C12H24N2O2. The fourth-order valence-corrected chi connectivity index (χ4v) is 2.38. The number of nitrogens with zero attached hydrogens (tertiary/aromatic N) is 2. The zero-order chi connectivity index (χ0) is 12.3. The van der Waals surface area contributed by atoms with Gasteiger partial charge in [0.1, 0.15) is 6.04 Å². The van der Waals surface area contributed by atoms with E-state index >= 15 is 0 Å². The molecule has 0 aromatic heterocycles. The van der Waals surface area contributed by atoms with Crippen molar-refractivity contribution in [3.05, 3.63) is 0 Å². The smallest absolute Gasteiger partial charge is 0.242 e. The van der Waals surface area contributed by atoms with Gasteiger partial charge >= 0.3 is 0 Å². The predicted octanol–water partition coefficient (Wildman–Crippen LogP) is 0.700. The van der Waals surface area contributed by atoms with Crippen molar-refractivity contribution in [3.8, 4) is 0 Å². The van der Waals surface area contributed by atoms with Crippen molar-refractivity contribution in [1.29, 1.82) is 0 Å². The van der Waals surface area contributed by atoms with E-state index in [-0.39, 0.29) is 24.1 Å². The van der Waals surface area contributed by atoms with Gasteiger partial charge in [-0.2, -0.15) is 0 Å². The minimum Gasteiger partial charge on any atom is -0.394 e. The van der Waals surface area contributed by atoms with Crippen LogP contribution in [0.15, 0.2) is 0 Å². The van der Waals surface area contributed by atoms with E-state index in [1.54, 1.807) is 4.90 Å². The summed E-state index contributed by atoms with van der Waals surface area (Å²) >= 11 is 0. The molecule has 4 heteroatoms. The zero-order valence-electron chi connectivity index (χ0n) is 10.9. The molecule has 94 valence electrons. The van der Waals surface area contributed by atoms with E-state index < -0.39 is 0 Å². The van der Waals surface area contributed by atoms with Gasteiger partial charge in [-0.15, -0.1) is 0 Å². The molecule has 1 N–H and O–H groups in total. The van der Waals surface area contributed by atoms with E-state index in [0.29, 0.717) is 0 Å². The van der Waals surface area contributed by atoms with Crippen molar-refractivity contribution in [1.82, 2.24) is 9.80 Å². The summed E-state index contributed by atoms with van der Waals surface area (Å²) in [7, 11) is 1.82. The quantitative estimate of drug-likeness (QED) is 0.773. The van der Waals surface area contributed by atoms with Gasteiger partial charge in [0.25, 0.3) is 0 Å². The number of likely N-dealkylation sites (N-methyl/N-ethyl adjacent to an activating group) is 1. The van der Waals surface area contributed by atoms with Crippen LogP contribution in [0.5, 0.6) is 0 Å². The second kappa shape index (κ2) is 5.15. The number of hydrogen-bond donors (Lipinski definition) is 1. The molecule has 1 saturated heterocycles. The summed E-state index contributed by atoms with van der Waals surface area (Å²) in [5, 5.41) is 9.44. The Balaban J connectivity index is 2.98. The summed E-state index contributed by atoms with van der Waals surface area (Å²) in [5.74, 6) is 0.0431. The Kier molecular flexibility index (Phi) is 4.33. The number of rotatable bonds is 3. The zero-order valence-corrected chi connectivity index (χ0v) is 10.9. The highest BCUT2D eigenvalue weighted by Gasteiger charge is 2.39. The Morgan fingerprint density at radius 2 is 2.12 bits per heavy atom. The van der Waals surface area contributed by atoms with Gasteiger partial charge in [-0.3, -0.25) is 9.69 Å². The standard InChI is InChI=1S/C12H24N2O2/c1-5-7-14-10(9-15)11(16)13(4)8-6-12(14,2)3/h10,15H,5-9H2,1-4H3. The second-order valence-corrected chi connectivity index (χ2v) is 5.21. The lowest BCUT2D eigenvalue weighted by Gasteiger charge is -2.40. The fourth-order valence-electron chi connectivity index (χ4n) is 2.38. The van der Waals surface area contributed by atoms with E-state index in [2.05, 4.69) is 25.7 Å². The highest BCUT2D eigenvalue weighted by Crippen LogP contribution is 2.26. The molecule has 0 bridgehead atoms. The summed E-state index contributed by atoms with van der Waals surface area (Å²) in [6, 6.07) is -0.373. The van der Waals surface area contributed by atoms with Gasteiger partial charge in [-0.1, -0.05) is 6.92 Å². The lowest BCUT2D eigenvalue weighted by molar-refractivity contribution is -0.136. The van der Waals surface area contributed by atoms with Crippen LogP contribution in [0.1, 0.15) is 33.6 Å². The molecular weight excluding hydrogens is 204 g/mol. The molecule has 0 aromatic carbocycles. The first-order chi connectivity index (χ1) is 7.44. The van der Waals surface area contributed by atoms with Crippen LogP contribution < -0.4 is 0 Å². The summed E-state index contributed by atoms with van der Waals surface area (Å²) in [6.45, 7) is 7.94. The number of carbonyl (C=O) groups is 1. The van der Waals surface area contributed by atoms with E-state index in [4.69, 9.17) is 0 Å². The van der Waals surface area contributed by atoms with Gasteiger partial charge in [0, 0.05) is 19.1 Å². The van der Waals surface area contributed by atoms with Crippen molar-refractivity contribution in [2.24, 2.45) is 0 Å². The minimum absolute atomic E-state index is 0.0240. The Bertz CT molecular complexity index is 253. The summed E-state index contributed by atoms with van der Waals surface area (Å²) < 4.78 is 0. The lowest BCUT2D eigenvalue weighted by atomic mass is 9.96. The van der Waals surface area contributed by atoms with Crippen molar-refractivity contribution in [3.63, 3.8) is 0 Å². The summed E-state index contributed by atoms with van der Waals surface area (Å²) in [6.07, 6.45) is 1.95. The van der Waals surface area contributed by atoms with Crippen LogP contribution in [0, 0.1) is 0 Å². The first-order valence-corrected chi connectivity index (χ1v) is 6.06. The van der Waals surface area contributed by atoms with Crippen LogP contribution >= 0.6 is 0 Å². The average Bonchev–Trinajstić information content (AvgIpc) is 2.31. The van der Waals surface area contributed by atoms with E-state index in [1.807, 2.05) is 7.05 Å². The molecule has 1 heterocycles. The van der Waals surface area contributed by atoms with Gasteiger partial charge in [-0.25, -0.2) is 0 Å². The highest BCUT2D eigenvalue weighted by molar-refractivity contribution is 5.82. The van der Waals surface area contributed by atoms with Crippen molar-refractivity contribution < 1.29 is 9.90 Å². The van der Waals surface area contributed by atoms with E-state index in [9.17, 15) is 9.90 Å². The molecule has 1 amide bonds. The fraction of sp³-hybridized carbons (Fsp3) is 0.917. The van der Waals surface area contributed by atoms with Crippen molar-refractivity contribution in [2.45, 2.75) is 45.2 Å². The molecule has 1 unspecified atom stereocenters. The Morgan fingerprint density at radius 3 is 2.62 bits per heavy atom. The first kappa shape index (κ1) is 13.5. The van der Waals surface area contributed by atoms with Crippen LogP contribution in [0.2, 0.25) is 0 Å². The predicted molar refractivity (Wildman–Crippen MR) is 64.2 cm³/mol. The molecule has 16 heavy (non-hydrogen) atoms. The molecule has 1 fully saturated rings. The third-order valence-electron chi connectivity index (χ3n) is 3.51. The molecule has 1 atom stereocenters. The normalized spacial score (nSPS) is 26.9. The molecule has 0 saturated carbocycles. The summed E-state index contributed by atoms with van der Waals surface area (Å²) in [4.78, 5) is 16.0. The summed E-state index contributed by atoms with van der Waals surface area (Å²) in [5.41, 5.74) is -0.0240. The van der Waals surface area contributed by atoms with Crippen LogP contribution in [0.25, 0.3) is 0 Å². The van der Waals surface area contributed by atoms with Gasteiger partial charge in [0.2, 0.25) is 5.91 Å². The number of amides is 1. The minimum atomic E-state index is -0.373. The molecule has 0 radical (unpaired) electrons. The van der Waals surface area contributed by atoms with Crippen LogP contribution in [-0.2, 0) is 4.79 Å². The number of hydrogen-bond acceptors (Lipinski definition) is 3. The molecule has 0 spiro atoms. The average molecular weight is 228 g/mol. The maximum atomic E-state index is 12.1. The molecule has 1 aliphatic rings. The molecule has 0 aliphatic carbocycles. The number of aliphatic hydroxyl groups is 1. The first-order valence-electron chi connectivity index (χ1n) is 6.06. The Morgan fingerprint density at radius 1 is 1.50 bits per heavy atom. The Hall–Kier alpha value is -0.610. The number of carbonyl (C=O) groups excluding carboxylic acids is 1. The topological polar surface area (TPSA) is 43.8 Å². The van der Waals surface area contributed by atoms with Crippen molar-refractivity contribution in [2.75, 3.05) is 26.7 Å². The molecule has 1 rings (SSSR count). The largest absolute Gasteiger partial charge is 0.394 e. The maximum absolute atomic E-state index is 12.1. The van der Waals surface area contributed by atoms with Gasteiger partial charge in [0.05, 0.1) is 6.61 Å². The van der Waals surface area contributed by atoms with E-state index in [1.165, 1.54) is 0 Å². The van der Waals surface area contributed by atoms with E-state index in [0.717, 1.165) is 25.9 Å². The SMILES string of the molecule is CCCN1C(CO)C(=O)N(C)CCC1(C)C. The van der Waals surface area contributed by atoms with Crippen molar-refractivity contribution >= 4 is 5.91 Å². The second-order valence-electron chi connectivity index (χ2n) is 5.21. The van der Waals surface area contributed by atoms with Gasteiger partial charge in [-0.05, 0) is 33.2 Å². The third kappa shape index (κ3) is 2.55. The number of aliphatic hydroxyl groups excluding tert-OH is 1. The monoisotopic (exact) mass is 228 g/mol. The Labute approximate surface area is 98.2 Å². The van der Waals surface area contributed by atoms with Gasteiger partial charge < -0.3 is 10.0 Å². The highest BCUT2D eigenvalue weighted by atomic mass is 16.3. The molecule has 4 nitrogen and oxygen atoms in total. The third-order valence-corrected chi connectivity index (χ3v) is 3.51. The maximum Gasteiger partial charge on any atom is 0.242 e.